The summed E-state index contributed by atoms with van der Waals surface area (Å²) in [6.07, 6.45) is 3.01. The van der Waals surface area contributed by atoms with Gasteiger partial charge in [-0.2, -0.15) is 0 Å². The fraction of sp³-hybridized carbons (Fsp3) is 0.462. The van der Waals surface area contributed by atoms with E-state index in [1.165, 1.54) is 24.0 Å². The minimum Gasteiger partial charge on any atom is -0.353 e. The van der Waals surface area contributed by atoms with Crippen molar-refractivity contribution in [2.45, 2.75) is 57.8 Å². The van der Waals surface area contributed by atoms with Crippen molar-refractivity contribution in [3.63, 3.8) is 0 Å². The Morgan fingerprint density at radius 2 is 1.78 bits per heavy atom. The molecular weight excluding hydrogens is 400 g/mol. The van der Waals surface area contributed by atoms with Gasteiger partial charge in [0.2, 0.25) is 5.91 Å². The number of hydrogen-bond donors (Lipinski definition) is 2. The van der Waals surface area contributed by atoms with Crippen molar-refractivity contribution in [2.24, 2.45) is 5.73 Å². The highest BCUT2D eigenvalue weighted by Crippen LogP contribution is 2.35. The van der Waals surface area contributed by atoms with Gasteiger partial charge in [-0.25, -0.2) is 0 Å². The summed E-state index contributed by atoms with van der Waals surface area (Å²) in [5.41, 5.74) is 9.92. The maximum absolute atomic E-state index is 13.4. The van der Waals surface area contributed by atoms with Gasteiger partial charge >= 0.3 is 0 Å². The lowest BCUT2D eigenvalue weighted by atomic mass is 10.1. The molecule has 32 heavy (non-hydrogen) atoms. The van der Waals surface area contributed by atoms with Gasteiger partial charge in [-0.3, -0.25) is 14.5 Å². The zero-order valence-corrected chi connectivity index (χ0v) is 19.1. The summed E-state index contributed by atoms with van der Waals surface area (Å²) in [6, 6.07) is 16.3. The molecule has 0 bridgehead atoms. The summed E-state index contributed by atoms with van der Waals surface area (Å²) in [4.78, 5) is 30.7. The summed E-state index contributed by atoms with van der Waals surface area (Å²) in [7, 11) is 0. The molecule has 4 rings (SSSR count). The minimum atomic E-state index is -0.474. The number of aryl methyl sites for hydroxylation is 2. The molecule has 1 heterocycles. The Hall–Kier alpha value is -2.70. The van der Waals surface area contributed by atoms with Crippen LogP contribution in [0.15, 0.2) is 48.5 Å². The minimum absolute atomic E-state index is 0.0768. The van der Waals surface area contributed by atoms with Crippen molar-refractivity contribution in [1.29, 1.82) is 0 Å². The van der Waals surface area contributed by atoms with E-state index in [0.717, 1.165) is 12.1 Å². The largest absolute Gasteiger partial charge is 0.353 e. The summed E-state index contributed by atoms with van der Waals surface area (Å²) in [5.74, 6) is -0.183. The highest BCUT2D eigenvalue weighted by atomic mass is 16.2. The van der Waals surface area contributed by atoms with Gasteiger partial charge in [0, 0.05) is 43.8 Å². The van der Waals surface area contributed by atoms with Crippen LogP contribution in [-0.4, -0.2) is 59.4 Å². The van der Waals surface area contributed by atoms with Crippen molar-refractivity contribution in [1.82, 2.24) is 15.1 Å². The average Bonchev–Trinajstić information content (AvgIpc) is 3.54. The molecule has 2 atom stereocenters. The van der Waals surface area contributed by atoms with Crippen LogP contribution in [-0.2, 0) is 11.3 Å². The molecule has 6 nitrogen and oxygen atoms in total. The number of nitrogens with two attached hydrogens (primary N) is 1. The van der Waals surface area contributed by atoms with Crippen LogP contribution in [0.5, 0.6) is 0 Å². The zero-order valence-electron chi connectivity index (χ0n) is 19.1. The molecule has 2 unspecified atom stereocenters. The molecule has 2 aromatic rings. The SMILES string of the molecule is Cc1ccc(C(=O)N2CC(N(Cc3ccccc3C)C3CC3)CC2C(=O)NCCN)cc1. The van der Waals surface area contributed by atoms with E-state index in [0.29, 0.717) is 37.7 Å². The van der Waals surface area contributed by atoms with Crippen LogP contribution in [0.2, 0.25) is 0 Å². The van der Waals surface area contributed by atoms with Gasteiger partial charge in [-0.1, -0.05) is 42.0 Å². The lowest BCUT2D eigenvalue weighted by Gasteiger charge is -2.29. The number of nitrogens with one attached hydrogen (secondary N) is 1. The fourth-order valence-electron chi connectivity index (χ4n) is 4.65. The third-order valence-electron chi connectivity index (χ3n) is 6.68. The summed E-state index contributed by atoms with van der Waals surface area (Å²) < 4.78 is 0. The number of carbonyl (C=O) groups is 2. The Morgan fingerprint density at radius 1 is 1.06 bits per heavy atom. The van der Waals surface area contributed by atoms with E-state index < -0.39 is 6.04 Å². The third kappa shape index (κ3) is 5.03. The van der Waals surface area contributed by atoms with Gasteiger partial charge in [-0.05, 0) is 56.4 Å². The normalized spacial score (nSPS) is 20.6. The summed E-state index contributed by atoms with van der Waals surface area (Å²) in [6.45, 7) is 6.37. The maximum Gasteiger partial charge on any atom is 0.254 e. The quantitative estimate of drug-likeness (QED) is 0.670. The van der Waals surface area contributed by atoms with E-state index in [4.69, 9.17) is 5.73 Å². The first-order chi connectivity index (χ1) is 15.5. The second-order valence-corrected chi connectivity index (χ2v) is 9.14. The standard InChI is InChI=1S/C26H34N4O2/c1-18-7-9-20(10-8-18)26(32)30-17-23(15-24(30)25(31)28-14-13-27)29(22-11-12-22)16-21-6-4-3-5-19(21)2/h3-10,22-24H,11-17,27H2,1-2H3,(H,28,31). The first-order valence-electron chi connectivity index (χ1n) is 11.6. The van der Waals surface area contributed by atoms with Gasteiger partial charge < -0.3 is 16.0 Å². The van der Waals surface area contributed by atoms with Crippen molar-refractivity contribution in [3.8, 4) is 0 Å². The van der Waals surface area contributed by atoms with Crippen molar-refractivity contribution in [3.05, 3.63) is 70.8 Å². The van der Waals surface area contributed by atoms with Crippen LogP contribution < -0.4 is 11.1 Å². The molecule has 2 fully saturated rings. The number of benzene rings is 2. The lowest BCUT2D eigenvalue weighted by Crippen LogP contribution is -2.47. The molecule has 2 aromatic carbocycles. The van der Waals surface area contributed by atoms with E-state index >= 15 is 0 Å². The fourth-order valence-corrected chi connectivity index (χ4v) is 4.65. The highest BCUT2D eigenvalue weighted by Gasteiger charge is 2.45. The number of nitrogens with zero attached hydrogens (tertiary/aromatic N) is 2. The maximum atomic E-state index is 13.4. The summed E-state index contributed by atoms with van der Waals surface area (Å²) >= 11 is 0. The predicted molar refractivity (Wildman–Crippen MR) is 126 cm³/mol. The Kier molecular flexibility index (Phi) is 6.92. The molecule has 3 N–H and O–H groups in total. The molecular formula is C26H34N4O2. The lowest BCUT2D eigenvalue weighted by molar-refractivity contribution is -0.124. The smallest absolute Gasteiger partial charge is 0.254 e. The topological polar surface area (TPSA) is 78.7 Å². The van der Waals surface area contributed by atoms with Gasteiger partial charge in [0.1, 0.15) is 6.04 Å². The van der Waals surface area contributed by atoms with Crippen LogP contribution in [0.25, 0.3) is 0 Å². The van der Waals surface area contributed by atoms with Gasteiger partial charge in [0.05, 0.1) is 0 Å². The van der Waals surface area contributed by atoms with Crippen LogP contribution in [0.3, 0.4) is 0 Å². The molecule has 6 heteroatoms. The Bertz CT molecular complexity index is 955. The molecule has 1 saturated heterocycles. The van der Waals surface area contributed by atoms with Crippen LogP contribution in [0.4, 0.5) is 0 Å². The Labute approximate surface area is 190 Å². The molecule has 0 aromatic heterocycles. The zero-order chi connectivity index (χ0) is 22.7. The molecule has 1 aliphatic heterocycles. The van der Waals surface area contributed by atoms with Crippen molar-refractivity contribution in [2.75, 3.05) is 19.6 Å². The van der Waals surface area contributed by atoms with Crippen LogP contribution in [0, 0.1) is 13.8 Å². The summed E-state index contributed by atoms with van der Waals surface area (Å²) in [5, 5.41) is 2.91. The van der Waals surface area contributed by atoms with Gasteiger partial charge in [0.25, 0.3) is 5.91 Å². The molecule has 1 saturated carbocycles. The molecule has 0 radical (unpaired) electrons. The van der Waals surface area contributed by atoms with E-state index in [1.54, 1.807) is 4.90 Å². The monoisotopic (exact) mass is 434 g/mol. The van der Waals surface area contributed by atoms with Crippen molar-refractivity contribution >= 4 is 11.8 Å². The first kappa shape index (κ1) is 22.5. The highest BCUT2D eigenvalue weighted by molar-refractivity contribution is 5.98. The second kappa shape index (κ2) is 9.84. The first-order valence-corrected chi connectivity index (χ1v) is 11.6. The van der Waals surface area contributed by atoms with E-state index in [2.05, 4.69) is 41.4 Å². The number of likely N-dealkylation sites (tertiary alicyclic amines) is 1. The molecule has 2 aliphatic rings. The van der Waals surface area contributed by atoms with Crippen molar-refractivity contribution < 1.29 is 9.59 Å². The number of amides is 2. The third-order valence-corrected chi connectivity index (χ3v) is 6.68. The van der Waals surface area contributed by atoms with E-state index in [9.17, 15) is 9.59 Å². The molecule has 2 amide bonds. The Balaban J connectivity index is 1.57. The van der Waals surface area contributed by atoms with Crippen LogP contribution >= 0.6 is 0 Å². The predicted octanol–water partition coefficient (Wildman–Crippen LogP) is 2.63. The average molecular weight is 435 g/mol. The molecule has 1 aliphatic carbocycles. The number of rotatable bonds is 8. The number of carbonyl (C=O) groups excluding carboxylic acids is 2. The number of hydrogen-bond acceptors (Lipinski definition) is 4. The van der Waals surface area contributed by atoms with E-state index in [1.807, 2.05) is 31.2 Å². The Morgan fingerprint density at radius 3 is 2.44 bits per heavy atom. The van der Waals surface area contributed by atoms with E-state index in [-0.39, 0.29) is 17.9 Å². The second-order valence-electron chi connectivity index (χ2n) is 9.14. The molecule has 0 spiro atoms. The van der Waals surface area contributed by atoms with Crippen LogP contribution in [0.1, 0.15) is 46.3 Å². The molecule has 170 valence electrons. The van der Waals surface area contributed by atoms with Gasteiger partial charge in [-0.15, -0.1) is 0 Å². The van der Waals surface area contributed by atoms with Gasteiger partial charge in [0.15, 0.2) is 0 Å².